The van der Waals surface area contributed by atoms with Crippen molar-refractivity contribution in [3.05, 3.63) is 12.2 Å². The maximum atomic E-state index is 13.1. The molecule has 1 aliphatic rings. The molecule has 1 heterocycles. The van der Waals surface area contributed by atoms with E-state index in [1.807, 2.05) is 74.5 Å². The number of nitrogens with one attached hydrogen (secondary N) is 2. The summed E-state index contributed by atoms with van der Waals surface area (Å²) >= 11 is 0. The first-order valence-corrected chi connectivity index (χ1v) is 11.7. The van der Waals surface area contributed by atoms with E-state index in [-0.39, 0.29) is 18.0 Å². The fourth-order valence-electron chi connectivity index (χ4n) is 4.32. The second-order valence-electron chi connectivity index (χ2n) is 12.5. The van der Waals surface area contributed by atoms with Crippen LogP contribution >= 0.6 is 0 Å². The maximum Gasteiger partial charge on any atom is 0.408 e. The summed E-state index contributed by atoms with van der Waals surface area (Å²) in [6.07, 6.45) is 5.20. The van der Waals surface area contributed by atoms with Crippen molar-refractivity contribution in [3.63, 3.8) is 0 Å². The number of nitrogens with zero attached hydrogens (tertiary/aromatic N) is 1. The van der Waals surface area contributed by atoms with Gasteiger partial charge in [-0.2, -0.15) is 0 Å². The fraction of sp³-hybridized carbons (Fsp3) is 0.840. The van der Waals surface area contributed by atoms with Crippen LogP contribution in [0.4, 0.5) is 4.79 Å². The van der Waals surface area contributed by atoms with Crippen molar-refractivity contribution < 1.29 is 19.5 Å². The standard InChI is InChI=1S/C25H46N3O4/c1-17(2)14-18(27-21(30)32-22(3,4)5)12-13-23(6,7)20(29)26-19-15-24(8,9)28(31)25(10,11)16-19/h12-13,17-19H,14-16H2,1-11H3,(H,26,29)(H,27,30)/b13-12+/t18-/m1/s1. The quantitative estimate of drug-likeness (QED) is 0.532. The molecule has 0 saturated carbocycles. The van der Waals surface area contributed by atoms with Crippen molar-refractivity contribution in [2.75, 3.05) is 0 Å². The van der Waals surface area contributed by atoms with Crippen LogP contribution in [0, 0.1) is 11.3 Å². The molecule has 0 spiro atoms. The van der Waals surface area contributed by atoms with E-state index in [0.29, 0.717) is 18.8 Å². The largest absolute Gasteiger partial charge is 0.444 e. The Morgan fingerprint density at radius 1 is 1.06 bits per heavy atom. The zero-order chi connectivity index (χ0) is 25.1. The van der Waals surface area contributed by atoms with Gasteiger partial charge < -0.3 is 15.4 Å². The van der Waals surface area contributed by atoms with Gasteiger partial charge in [0.2, 0.25) is 5.91 Å². The SMILES string of the molecule is CC(C)C[C@@H](/C=C/C(C)(C)C(=O)NC1CC(C)(C)N([O])C(C)(C)C1)NC(=O)OC(C)(C)C. The number of alkyl carbamates (subject to hydrolysis) is 1. The van der Waals surface area contributed by atoms with Gasteiger partial charge in [0.1, 0.15) is 5.60 Å². The summed E-state index contributed by atoms with van der Waals surface area (Å²) < 4.78 is 5.38. The molecule has 185 valence electrons. The second-order valence-corrected chi connectivity index (χ2v) is 12.5. The molecule has 1 aliphatic heterocycles. The van der Waals surface area contributed by atoms with Gasteiger partial charge in [0.25, 0.3) is 0 Å². The van der Waals surface area contributed by atoms with Crippen molar-refractivity contribution in [2.24, 2.45) is 11.3 Å². The van der Waals surface area contributed by atoms with Gasteiger partial charge in [0, 0.05) is 17.1 Å². The molecule has 1 atom stereocenters. The van der Waals surface area contributed by atoms with E-state index in [1.54, 1.807) is 0 Å². The lowest BCUT2D eigenvalue weighted by molar-refractivity contribution is -0.290. The van der Waals surface area contributed by atoms with Crippen molar-refractivity contribution in [1.82, 2.24) is 15.7 Å². The number of ether oxygens (including phenoxy) is 1. The molecule has 0 bridgehead atoms. The first kappa shape index (κ1) is 28.4. The molecule has 32 heavy (non-hydrogen) atoms. The minimum atomic E-state index is -0.770. The number of rotatable bonds is 7. The molecule has 1 rings (SSSR count). The lowest BCUT2D eigenvalue weighted by Gasteiger charge is -2.50. The number of carbonyl (C=O) groups is 2. The van der Waals surface area contributed by atoms with Crippen molar-refractivity contribution in [2.45, 2.75) is 124 Å². The van der Waals surface area contributed by atoms with E-state index < -0.39 is 28.2 Å². The topological polar surface area (TPSA) is 90.6 Å². The van der Waals surface area contributed by atoms with Crippen LogP contribution in [-0.4, -0.2) is 45.8 Å². The van der Waals surface area contributed by atoms with Crippen molar-refractivity contribution in [1.29, 1.82) is 0 Å². The highest BCUT2D eigenvalue weighted by molar-refractivity contribution is 5.84. The van der Waals surface area contributed by atoms with E-state index in [4.69, 9.17) is 4.74 Å². The summed E-state index contributed by atoms with van der Waals surface area (Å²) in [5, 5.41) is 19.8. The first-order chi connectivity index (χ1) is 14.2. The third-order valence-corrected chi connectivity index (χ3v) is 5.68. The highest BCUT2D eigenvalue weighted by atomic mass is 16.6. The van der Waals surface area contributed by atoms with E-state index in [0.717, 1.165) is 11.5 Å². The molecule has 1 fully saturated rings. The molecule has 2 amide bonds. The van der Waals surface area contributed by atoms with Crippen LogP contribution in [0.5, 0.6) is 0 Å². The Bertz CT molecular complexity index is 672. The van der Waals surface area contributed by atoms with Crippen LogP contribution < -0.4 is 10.6 Å². The molecule has 0 unspecified atom stereocenters. The molecule has 1 radical (unpaired) electrons. The van der Waals surface area contributed by atoms with Crippen molar-refractivity contribution >= 4 is 12.0 Å². The molecule has 7 nitrogen and oxygen atoms in total. The van der Waals surface area contributed by atoms with E-state index in [9.17, 15) is 14.8 Å². The minimum absolute atomic E-state index is 0.0725. The number of amides is 2. The van der Waals surface area contributed by atoms with Crippen molar-refractivity contribution in [3.8, 4) is 0 Å². The zero-order valence-corrected chi connectivity index (χ0v) is 22.1. The molecule has 7 heteroatoms. The number of hydroxylamine groups is 2. The normalized spacial score (nSPS) is 20.9. The molecular weight excluding hydrogens is 406 g/mol. The molecule has 2 N–H and O–H groups in total. The fourth-order valence-corrected chi connectivity index (χ4v) is 4.32. The van der Waals surface area contributed by atoms with Gasteiger partial charge in [-0.25, -0.2) is 4.79 Å². The van der Waals surface area contributed by atoms with Gasteiger partial charge in [-0.3, -0.25) is 4.79 Å². The van der Waals surface area contributed by atoms with Gasteiger partial charge in [-0.15, -0.1) is 10.3 Å². The molecule has 0 aromatic carbocycles. The van der Waals surface area contributed by atoms with Crippen LogP contribution in [0.2, 0.25) is 0 Å². The van der Waals surface area contributed by atoms with Gasteiger partial charge in [0.05, 0.1) is 11.5 Å². The highest BCUT2D eigenvalue weighted by Gasteiger charge is 2.47. The second kappa shape index (κ2) is 10.1. The number of piperidine rings is 1. The average Bonchev–Trinajstić information content (AvgIpc) is 2.54. The number of hydrogen-bond donors (Lipinski definition) is 2. The molecule has 0 aliphatic carbocycles. The summed E-state index contributed by atoms with van der Waals surface area (Å²) in [5.41, 5.74) is -2.43. The van der Waals surface area contributed by atoms with Gasteiger partial charge in [-0.05, 0) is 87.5 Å². The molecule has 0 aromatic rings. The smallest absolute Gasteiger partial charge is 0.408 e. The van der Waals surface area contributed by atoms with E-state index >= 15 is 0 Å². The Balaban J connectivity index is 2.88. The van der Waals surface area contributed by atoms with E-state index in [2.05, 4.69) is 24.5 Å². The lowest BCUT2D eigenvalue weighted by Crippen LogP contribution is -2.62. The van der Waals surface area contributed by atoms with Crippen LogP contribution in [0.1, 0.15) is 95.4 Å². The molecule has 1 saturated heterocycles. The summed E-state index contributed by atoms with van der Waals surface area (Å²) in [4.78, 5) is 25.4. The third kappa shape index (κ3) is 8.74. The average molecular weight is 453 g/mol. The molecular formula is C25H46N3O4. The third-order valence-electron chi connectivity index (χ3n) is 5.68. The summed E-state index contributed by atoms with van der Waals surface area (Å²) in [6.45, 7) is 21.0. The minimum Gasteiger partial charge on any atom is -0.444 e. The van der Waals surface area contributed by atoms with Crippen LogP contribution in [0.15, 0.2) is 12.2 Å². The zero-order valence-electron chi connectivity index (χ0n) is 22.1. The summed E-state index contributed by atoms with van der Waals surface area (Å²) in [6, 6.07) is -0.310. The Kier molecular flexibility index (Phi) is 8.99. The number of carbonyl (C=O) groups excluding carboxylic acids is 2. The Morgan fingerprint density at radius 2 is 1.56 bits per heavy atom. The molecule has 0 aromatic heterocycles. The van der Waals surface area contributed by atoms with Gasteiger partial charge >= 0.3 is 6.09 Å². The Hall–Kier alpha value is -1.60. The maximum absolute atomic E-state index is 13.1. The Morgan fingerprint density at radius 3 is 2.00 bits per heavy atom. The monoisotopic (exact) mass is 452 g/mol. The van der Waals surface area contributed by atoms with Crippen LogP contribution in [-0.2, 0) is 14.7 Å². The Labute approximate surface area is 195 Å². The summed E-state index contributed by atoms with van der Waals surface area (Å²) in [5.74, 6) is 0.267. The van der Waals surface area contributed by atoms with Crippen LogP contribution in [0.3, 0.4) is 0 Å². The first-order valence-electron chi connectivity index (χ1n) is 11.7. The van der Waals surface area contributed by atoms with E-state index in [1.165, 1.54) is 0 Å². The number of hydrogen-bond acceptors (Lipinski definition) is 4. The predicted molar refractivity (Wildman–Crippen MR) is 127 cm³/mol. The summed E-state index contributed by atoms with van der Waals surface area (Å²) in [7, 11) is 0. The van der Waals surface area contributed by atoms with Gasteiger partial charge in [0.15, 0.2) is 0 Å². The lowest BCUT2D eigenvalue weighted by atomic mass is 9.78. The predicted octanol–water partition coefficient (Wildman–Crippen LogP) is 4.99. The van der Waals surface area contributed by atoms with Gasteiger partial charge in [-0.1, -0.05) is 26.0 Å². The van der Waals surface area contributed by atoms with Crippen LogP contribution in [0.25, 0.3) is 0 Å². The highest BCUT2D eigenvalue weighted by Crippen LogP contribution is 2.37.